The maximum absolute atomic E-state index is 12.1. The van der Waals surface area contributed by atoms with Gasteiger partial charge in [-0.1, -0.05) is 31.2 Å². The van der Waals surface area contributed by atoms with Crippen molar-refractivity contribution in [3.05, 3.63) is 65.2 Å². The van der Waals surface area contributed by atoms with Crippen LogP contribution in [0.5, 0.6) is 0 Å². The summed E-state index contributed by atoms with van der Waals surface area (Å²) < 4.78 is 5.34. The predicted octanol–water partition coefficient (Wildman–Crippen LogP) is 4.03. The Morgan fingerprint density at radius 2 is 1.90 bits per heavy atom. The lowest BCUT2D eigenvalue weighted by Crippen LogP contribution is -2.06. The fourth-order valence-electron chi connectivity index (χ4n) is 1.82. The summed E-state index contributed by atoms with van der Waals surface area (Å²) in [7, 11) is 0. The highest BCUT2D eigenvalue weighted by Gasteiger charge is 2.12. The fourth-order valence-corrected chi connectivity index (χ4v) is 2.61. The van der Waals surface area contributed by atoms with Crippen molar-refractivity contribution in [2.75, 3.05) is 5.75 Å². The van der Waals surface area contributed by atoms with Crippen molar-refractivity contribution >= 4 is 17.7 Å². The topological polar surface area (TPSA) is 50.1 Å². The molecule has 0 saturated carbocycles. The average Bonchev–Trinajstić information content (AvgIpc) is 2.54. The van der Waals surface area contributed by atoms with E-state index in [1.165, 1.54) is 0 Å². The van der Waals surface area contributed by atoms with Crippen molar-refractivity contribution < 1.29 is 9.53 Å². The lowest BCUT2D eigenvalue weighted by molar-refractivity contribution is 0.0468. The van der Waals surface area contributed by atoms with Crippen molar-refractivity contribution in [3.8, 4) is 6.07 Å². The van der Waals surface area contributed by atoms with Gasteiger partial charge in [0.05, 0.1) is 17.2 Å². The van der Waals surface area contributed by atoms with Gasteiger partial charge in [0.25, 0.3) is 0 Å². The quantitative estimate of drug-likeness (QED) is 0.617. The van der Waals surface area contributed by atoms with Crippen LogP contribution in [-0.2, 0) is 11.3 Å². The second kappa shape index (κ2) is 7.51. The van der Waals surface area contributed by atoms with Crippen LogP contribution in [0, 0.1) is 11.3 Å². The first-order valence-electron chi connectivity index (χ1n) is 6.62. The molecule has 0 bridgehead atoms. The van der Waals surface area contributed by atoms with Gasteiger partial charge in [-0.2, -0.15) is 5.26 Å². The van der Waals surface area contributed by atoms with Crippen LogP contribution in [0.2, 0.25) is 0 Å². The molecule has 2 rings (SSSR count). The molecule has 3 nitrogen and oxygen atoms in total. The summed E-state index contributed by atoms with van der Waals surface area (Å²) in [4.78, 5) is 13.1. The van der Waals surface area contributed by atoms with E-state index in [2.05, 4.69) is 6.07 Å². The molecule has 0 aliphatic heterocycles. The van der Waals surface area contributed by atoms with Gasteiger partial charge >= 0.3 is 5.97 Å². The molecule has 0 atom stereocenters. The van der Waals surface area contributed by atoms with Crippen molar-refractivity contribution in [1.82, 2.24) is 0 Å². The van der Waals surface area contributed by atoms with Gasteiger partial charge in [0.15, 0.2) is 0 Å². The van der Waals surface area contributed by atoms with Crippen LogP contribution in [0.4, 0.5) is 0 Å². The molecule has 0 radical (unpaired) electrons. The number of carbonyl (C=O) groups is 1. The zero-order valence-corrected chi connectivity index (χ0v) is 12.5. The third-order valence-electron chi connectivity index (χ3n) is 2.86. The molecule has 0 heterocycles. The summed E-state index contributed by atoms with van der Waals surface area (Å²) in [6.07, 6.45) is 0. The Bertz CT molecular complexity index is 659. The third-order valence-corrected chi connectivity index (χ3v) is 3.82. The largest absolute Gasteiger partial charge is 0.457 e. The minimum Gasteiger partial charge on any atom is -0.457 e. The minimum atomic E-state index is -0.323. The Balaban J connectivity index is 2.03. The molecular formula is C17H15NO2S. The molecule has 0 unspecified atom stereocenters. The highest BCUT2D eigenvalue weighted by molar-refractivity contribution is 7.99. The number of benzene rings is 2. The number of nitrogens with zero attached hydrogens (tertiary/aromatic N) is 1. The summed E-state index contributed by atoms with van der Waals surface area (Å²) >= 11 is 1.62. The first-order valence-corrected chi connectivity index (χ1v) is 7.61. The number of rotatable bonds is 5. The Hall–Kier alpha value is -2.25. The molecule has 0 aliphatic carbocycles. The number of hydrogen-bond acceptors (Lipinski definition) is 4. The van der Waals surface area contributed by atoms with Gasteiger partial charge in [-0.25, -0.2) is 4.79 Å². The van der Waals surface area contributed by atoms with Crippen molar-refractivity contribution in [1.29, 1.82) is 5.26 Å². The van der Waals surface area contributed by atoms with E-state index in [0.29, 0.717) is 11.1 Å². The smallest absolute Gasteiger partial charge is 0.339 e. The van der Waals surface area contributed by atoms with E-state index in [4.69, 9.17) is 10.00 Å². The predicted molar refractivity (Wildman–Crippen MR) is 83.1 cm³/mol. The molecular weight excluding hydrogens is 282 g/mol. The van der Waals surface area contributed by atoms with Gasteiger partial charge in [0.1, 0.15) is 6.61 Å². The molecule has 0 N–H and O–H groups in total. The second-order valence-electron chi connectivity index (χ2n) is 4.31. The van der Waals surface area contributed by atoms with Crippen LogP contribution in [0.3, 0.4) is 0 Å². The molecule has 0 amide bonds. The molecule has 0 saturated heterocycles. The van der Waals surface area contributed by atoms with E-state index in [9.17, 15) is 4.79 Å². The average molecular weight is 297 g/mol. The Kier molecular flexibility index (Phi) is 5.42. The highest BCUT2D eigenvalue weighted by Crippen LogP contribution is 2.23. The SMILES string of the molecule is CCSc1ccccc1C(=O)OCc1ccc(C#N)cc1. The maximum Gasteiger partial charge on any atom is 0.339 e. The number of esters is 1. The molecule has 106 valence electrons. The Labute approximate surface area is 128 Å². The van der Waals surface area contributed by atoms with E-state index in [1.807, 2.05) is 25.1 Å². The van der Waals surface area contributed by atoms with Crippen molar-refractivity contribution in [2.24, 2.45) is 0 Å². The monoisotopic (exact) mass is 297 g/mol. The van der Waals surface area contributed by atoms with Crippen LogP contribution < -0.4 is 0 Å². The van der Waals surface area contributed by atoms with Crippen LogP contribution in [0.15, 0.2) is 53.4 Å². The van der Waals surface area contributed by atoms with E-state index in [0.717, 1.165) is 16.2 Å². The van der Waals surface area contributed by atoms with Gasteiger partial charge < -0.3 is 4.74 Å². The molecule has 4 heteroatoms. The minimum absolute atomic E-state index is 0.204. The molecule has 0 spiro atoms. The normalized spacial score (nSPS) is 9.90. The highest BCUT2D eigenvalue weighted by atomic mass is 32.2. The molecule has 0 fully saturated rings. The number of ether oxygens (including phenoxy) is 1. The molecule has 2 aromatic rings. The lowest BCUT2D eigenvalue weighted by atomic mass is 10.1. The van der Waals surface area contributed by atoms with Crippen molar-refractivity contribution in [3.63, 3.8) is 0 Å². The lowest BCUT2D eigenvalue weighted by Gasteiger charge is -2.08. The summed E-state index contributed by atoms with van der Waals surface area (Å²) in [5.41, 5.74) is 2.05. The first-order chi connectivity index (χ1) is 10.2. The van der Waals surface area contributed by atoms with Crippen LogP contribution in [-0.4, -0.2) is 11.7 Å². The standard InChI is InChI=1S/C17H15NO2S/c1-2-21-16-6-4-3-5-15(16)17(19)20-12-14-9-7-13(11-18)8-10-14/h3-10H,2,12H2,1H3. The van der Waals surface area contributed by atoms with Crippen LogP contribution in [0.25, 0.3) is 0 Å². The van der Waals surface area contributed by atoms with Gasteiger partial charge in [0, 0.05) is 4.90 Å². The maximum atomic E-state index is 12.1. The second-order valence-corrected chi connectivity index (χ2v) is 5.62. The molecule has 0 aliphatic rings. The van der Waals surface area contributed by atoms with Gasteiger partial charge in [-0.05, 0) is 35.6 Å². The number of thioether (sulfide) groups is 1. The van der Waals surface area contributed by atoms with E-state index in [1.54, 1.807) is 42.1 Å². The van der Waals surface area contributed by atoms with Crippen LogP contribution in [0.1, 0.15) is 28.4 Å². The molecule has 21 heavy (non-hydrogen) atoms. The number of hydrogen-bond donors (Lipinski definition) is 0. The van der Waals surface area contributed by atoms with E-state index >= 15 is 0 Å². The Morgan fingerprint density at radius 1 is 1.19 bits per heavy atom. The Morgan fingerprint density at radius 3 is 2.57 bits per heavy atom. The summed E-state index contributed by atoms with van der Waals surface area (Å²) in [6.45, 7) is 2.25. The fraction of sp³-hybridized carbons (Fsp3) is 0.176. The van der Waals surface area contributed by atoms with Crippen molar-refractivity contribution in [2.45, 2.75) is 18.4 Å². The van der Waals surface area contributed by atoms with Crippen LogP contribution >= 0.6 is 11.8 Å². The van der Waals surface area contributed by atoms with Gasteiger partial charge in [0.2, 0.25) is 0 Å². The van der Waals surface area contributed by atoms with Gasteiger partial charge in [-0.3, -0.25) is 0 Å². The first kappa shape index (κ1) is 15.1. The third kappa shape index (κ3) is 4.11. The van der Waals surface area contributed by atoms with E-state index < -0.39 is 0 Å². The van der Waals surface area contributed by atoms with E-state index in [-0.39, 0.29) is 12.6 Å². The summed E-state index contributed by atoms with van der Waals surface area (Å²) in [5, 5.41) is 8.74. The number of carbonyl (C=O) groups excluding carboxylic acids is 1. The molecule has 2 aromatic carbocycles. The number of nitriles is 1. The van der Waals surface area contributed by atoms with Gasteiger partial charge in [-0.15, -0.1) is 11.8 Å². The zero-order chi connectivity index (χ0) is 15.1. The summed E-state index contributed by atoms with van der Waals surface area (Å²) in [5.74, 6) is 0.579. The summed E-state index contributed by atoms with van der Waals surface area (Å²) in [6, 6.07) is 16.5. The zero-order valence-electron chi connectivity index (χ0n) is 11.7. The molecule has 0 aromatic heterocycles.